The zero-order valence-electron chi connectivity index (χ0n) is 11.3. The molecule has 0 spiro atoms. The quantitative estimate of drug-likeness (QED) is 0.831. The number of aliphatic imine (C=N–C) groups is 3. The Bertz CT molecular complexity index is 745. The number of methoxy groups -OCH3 is 1. The van der Waals surface area contributed by atoms with Gasteiger partial charge in [-0.2, -0.15) is 9.98 Å². The number of amides is 1. The van der Waals surface area contributed by atoms with E-state index in [1.54, 1.807) is 13.2 Å². The van der Waals surface area contributed by atoms with Crippen LogP contribution in [-0.2, 0) is 4.79 Å². The van der Waals surface area contributed by atoms with Crippen molar-refractivity contribution < 1.29 is 9.53 Å². The molecule has 0 aliphatic carbocycles. The lowest BCUT2D eigenvalue weighted by Crippen LogP contribution is -2.24. The van der Waals surface area contributed by atoms with Gasteiger partial charge < -0.3 is 16.2 Å². The molecular weight excluding hydrogens is 270 g/mol. The molecule has 1 aromatic rings. The predicted molar refractivity (Wildman–Crippen MR) is 79.5 cm³/mol. The maximum Gasteiger partial charge on any atom is 0.284 e. The average Bonchev–Trinajstić information content (AvgIpc) is 2.90. The normalized spacial score (nSPS) is 18.3. The molecule has 0 saturated carbocycles. The van der Waals surface area contributed by atoms with E-state index < -0.39 is 11.9 Å². The van der Waals surface area contributed by atoms with E-state index in [2.05, 4.69) is 15.0 Å². The zero-order valence-corrected chi connectivity index (χ0v) is 11.3. The molecule has 1 amide bonds. The van der Waals surface area contributed by atoms with Crippen LogP contribution >= 0.6 is 0 Å². The maximum atomic E-state index is 12.0. The maximum absolute atomic E-state index is 12.0. The topological polar surface area (TPSA) is 115 Å². The lowest BCUT2D eigenvalue weighted by molar-refractivity contribution is -0.114. The number of rotatable bonds is 3. The van der Waals surface area contributed by atoms with E-state index in [1.807, 2.05) is 18.2 Å². The van der Waals surface area contributed by atoms with Crippen LogP contribution in [0.4, 0.5) is 0 Å². The number of carbonyl (C=O) groups is 1. The van der Waals surface area contributed by atoms with E-state index in [4.69, 9.17) is 16.2 Å². The first kappa shape index (κ1) is 13.2. The van der Waals surface area contributed by atoms with Crippen LogP contribution in [0.25, 0.3) is 0 Å². The summed E-state index contributed by atoms with van der Waals surface area (Å²) in [6.07, 6.45) is 1.53. The largest absolute Gasteiger partial charge is 0.496 e. The molecule has 2 heterocycles. The molecule has 7 heteroatoms. The van der Waals surface area contributed by atoms with E-state index in [0.29, 0.717) is 16.9 Å². The number of nitrogens with two attached hydrogens (primary N) is 2. The van der Waals surface area contributed by atoms with Gasteiger partial charge in [-0.15, -0.1) is 0 Å². The number of amidine groups is 1. The molecule has 0 aromatic heterocycles. The number of para-hydroxylation sites is 1. The van der Waals surface area contributed by atoms with Crippen LogP contribution < -0.4 is 16.2 Å². The molecule has 2 aliphatic heterocycles. The number of carbonyl (C=O) groups excluding carboxylic acids is 1. The summed E-state index contributed by atoms with van der Waals surface area (Å²) in [5, 5.41) is 0. The average molecular weight is 283 g/mol. The van der Waals surface area contributed by atoms with Gasteiger partial charge in [0.15, 0.2) is 5.84 Å². The fraction of sp³-hybridized carbons (Fsp3) is 0.143. The summed E-state index contributed by atoms with van der Waals surface area (Å²) >= 11 is 0. The van der Waals surface area contributed by atoms with Gasteiger partial charge in [0.05, 0.1) is 18.7 Å². The fourth-order valence-corrected chi connectivity index (χ4v) is 2.31. The van der Waals surface area contributed by atoms with Crippen LogP contribution in [0.5, 0.6) is 5.75 Å². The Kier molecular flexibility index (Phi) is 3.11. The Morgan fingerprint density at radius 2 is 2.00 bits per heavy atom. The first-order chi connectivity index (χ1) is 10.1. The molecule has 0 saturated heterocycles. The SMILES string of the molecule is COc1ccccc1C(N)C1=C2C(=O)N=C(N)N=C2N=C1. The van der Waals surface area contributed by atoms with Crippen LogP contribution in [0.3, 0.4) is 0 Å². The highest BCUT2D eigenvalue weighted by Gasteiger charge is 2.31. The van der Waals surface area contributed by atoms with Crippen LogP contribution in [0.1, 0.15) is 11.6 Å². The fourth-order valence-electron chi connectivity index (χ4n) is 2.31. The molecule has 0 bridgehead atoms. The summed E-state index contributed by atoms with van der Waals surface area (Å²) < 4.78 is 5.30. The number of guanidine groups is 1. The van der Waals surface area contributed by atoms with Crippen molar-refractivity contribution in [2.45, 2.75) is 6.04 Å². The molecule has 1 unspecified atom stereocenters. The van der Waals surface area contributed by atoms with E-state index in [1.165, 1.54) is 6.21 Å². The van der Waals surface area contributed by atoms with Crippen molar-refractivity contribution in [2.75, 3.05) is 7.11 Å². The predicted octanol–water partition coefficient (Wildman–Crippen LogP) is 0.329. The molecule has 4 N–H and O–H groups in total. The van der Waals surface area contributed by atoms with Gasteiger partial charge >= 0.3 is 0 Å². The minimum absolute atomic E-state index is 0.0944. The van der Waals surface area contributed by atoms with Crippen molar-refractivity contribution >= 4 is 23.9 Å². The van der Waals surface area contributed by atoms with Gasteiger partial charge in [0.1, 0.15) is 5.75 Å². The van der Waals surface area contributed by atoms with E-state index in [9.17, 15) is 4.79 Å². The molecule has 1 aromatic carbocycles. The molecule has 0 fully saturated rings. The Labute approximate surface area is 120 Å². The van der Waals surface area contributed by atoms with Crippen LogP contribution in [0, 0.1) is 0 Å². The van der Waals surface area contributed by atoms with Gasteiger partial charge in [0.2, 0.25) is 5.96 Å². The minimum Gasteiger partial charge on any atom is -0.496 e. The van der Waals surface area contributed by atoms with Crippen LogP contribution in [0.2, 0.25) is 0 Å². The second-order valence-corrected chi connectivity index (χ2v) is 4.52. The Balaban J connectivity index is 2.07. The summed E-state index contributed by atoms with van der Waals surface area (Å²) in [5.41, 5.74) is 13.3. The summed E-state index contributed by atoms with van der Waals surface area (Å²) in [6, 6.07) is 6.78. The van der Waals surface area contributed by atoms with E-state index >= 15 is 0 Å². The van der Waals surface area contributed by atoms with Gasteiger partial charge in [-0.3, -0.25) is 4.79 Å². The summed E-state index contributed by atoms with van der Waals surface area (Å²) in [5.74, 6) is 0.328. The molecule has 21 heavy (non-hydrogen) atoms. The second kappa shape index (κ2) is 4.95. The third-order valence-electron chi connectivity index (χ3n) is 3.30. The van der Waals surface area contributed by atoms with Crippen LogP contribution in [0.15, 0.2) is 50.4 Å². The van der Waals surface area contributed by atoms with Crippen molar-refractivity contribution in [3.8, 4) is 5.75 Å². The number of nitrogens with zero attached hydrogens (tertiary/aromatic N) is 3. The van der Waals surface area contributed by atoms with Crippen molar-refractivity contribution in [3.05, 3.63) is 41.0 Å². The van der Waals surface area contributed by atoms with E-state index in [0.717, 1.165) is 5.56 Å². The van der Waals surface area contributed by atoms with Crippen molar-refractivity contribution in [1.82, 2.24) is 0 Å². The third-order valence-corrected chi connectivity index (χ3v) is 3.30. The Morgan fingerprint density at radius 3 is 2.76 bits per heavy atom. The summed E-state index contributed by atoms with van der Waals surface area (Å²) in [6.45, 7) is 0. The molecule has 106 valence electrons. The first-order valence-corrected chi connectivity index (χ1v) is 6.26. The van der Waals surface area contributed by atoms with Crippen molar-refractivity contribution in [2.24, 2.45) is 26.4 Å². The van der Waals surface area contributed by atoms with Gasteiger partial charge in [-0.05, 0) is 6.07 Å². The third kappa shape index (κ3) is 2.13. The molecule has 3 rings (SSSR count). The van der Waals surface area contributed by atoms with Gasteiger partial charge in [0.25, 0.3) is 5.91 Å². The highest BCUT2D eigenvalue weighted by atomic mass is 16.5. The molecule has 1 atom stereocenters. The standard InChI is InChI=1S/C14H13N5O2/c1-21-9-5-3-2-4-7(9)11(15)8-6-17-12-10(8)13(20)19-14(16)18-12/h2-6,11H,15H2,1H3,(H2,16,19,20). The van der Waals surface area contributed by atoms with E-state index in [-0.39, 0.29) is 11.8 Å². The number of hydrogen-bond donors (Lipinski definition) is 2. The Morgan fingerprint density at radius 1 is 1.24 bits per heavy atom. The van der Waals surface area contributed by atoms with Crippen LogP contribution in [-0.4, -0.2) is 31.0 Å². The first-order valence-electron chi connectivity index (χ1n) is 6.26. The Hall–Kier alpha value is -2.80. The lowest BCUT2D eigenvalue weighted by Gasteiger charge is -2.17. The summed E-state index contributed by atoms with van der Waals surface area (Å²) in [7, 11) is 1.57. The number of hydrogen-bond acceptors (Lipinski definition) is 6. The zero-order chi connectivity index (χ0) is 15.0. The van der Waals surface area contributed by atoms with Crippen molar-refractivity contribution in [1.29, 1.82) is 0 Å². The highest BCUT2D eigenvalue weighted by Crippen LogP contribution is 2.32. The summed E-state index contributed by atoms with van der Waals surface area (Å²) in [4.78, 5) is 23.7. The molecule has 7 nitrogen and oxygen atoms in total. The molecule has 0 radical (unpaired) electrons. The van der Waals surface area contributed by atoms with Crippen molar-refractivity contribution in [3.63, 3.8) is 0 Å². The second-order valence-electron chi connectivity index (χ2n) is 4.52. The van der Waals surface area contributed by atoms with Gasteiger partial charge in [-0.25, -0.2) is 4.99 Å². The minimum atomic E-state index is -0.564. The van der Waals surface area contributed by atoms with Gasteiger partial charge in [-0.1, -0.05) is 18.2 Å². The smallest absolute Gasteiger partial charge is 0.284 e. The number of fused-ring (bicyclic) bond motifs is 1. The highest BCUT2D eigenvalue weighted by molar-refractivity contribution is 6.34. The lowest BCUT2D eigenvalue weighted by atomic mass is 9.95. The number of benzene rings is 1. The number of ether oxygens (including phenoxy) is 1. The molecule has 2 aliphatic rings. The van der Waals surface area contributed by atoms with Gasteiger partial charge in [0, 0.05) is 17.4 Å². The molecular formula is C14H13N5O2. The monoisotopic (exact) mass is 283 g/mol.